The van der Waals surface area contributed by atoms with Crippen molar-refractivity contribution in [2.24, 2.45) is 5.73 Å². The van der Waals surface area contributed by atoms with Gasteiger partial charge in [-0.3, -0.25) is 0 Å². The van der Waals surface area contributed by atoms with Gasteiger partial charge in [0.25, 0.3) is 0 Å². The van der Waals surface area contributed by atoms with Crippen LogP contribution in [-0.2, 0) is 6.42 Å². The lowest BCUT2D eigenvalue weighted by Gasteiger charge is -2.05. The van der Waals surface area contributed by atoms with E-state index in [1.54, 1.807) is 10.7 Å². The zero-order valence-electron chi connectivity index (χ0n) is 9.86. The Hall–Kier alpha value is -1.68. The van der Waals surface area contributed by atoms with Crippen molar-refractivity contribution in [1.29, 1.82) is 0 Å². The maximum Gasteiger partial charge on any atom is 0.123 e. The minimum Gasteiger partial charge on any atom is -0.330 e. The number of hydrogen-bond donors (Lipinski definition) is 1. The molecule has 2 rings (SSSR count). The van der Waals surface area contributed by atoms with Crippen LogP contribution in [0.15, 0.2) is 30.6 Å². The highest BCUT2D eigenvalue weighted by molar-refractivity contribution is 5.40. The molecule has 1 aromatic carbocycles. The molecule has 0 unspecified atom stereocenters. The van der Waals surface area contributed by atoms with Crippen molar-refractivity contribution in [2.45, 2.75) is 19.8 Å². The van der Waals surface area contributed by atoms with Crippen LogP contribution in [0.5, 0.6) is 0 Å². The van der Waals surface area contributed by atoms with Gasteiger partial charge >= 0.3 is 0 Å². The van der Waals surface area contributed by atoms with Gasteiger partial charge < -0.3 is 5.73 Å². The topological polar surface area (TPSA) is 43.8 Å². The third-order valence-corrected chi connectivity index (χ3v) is 2.71. The predicted octanol–water partition coefficient (Wildman–Crippen LogP) is 2.21. The first-order chi connectivity index (χ1) is 8.20. The van der Waals surface area contributed by atoms with Crippen molar-refractivity contribution < 1.29 is 4.39 Å². The second kappa shape index (κ2) is 5.10. The Morgan fingerprint density at radius 3 is 2.94 bits per heavy atom. The van der Waals surface area contributed by atoms with E-state index in [1.807, 2.05) is 19.3 Å². The van der Waals surface area contributed by atoms with E-state index in [-0.39, 0.29) is 5.82 Å². The highest BCUT2D eigenvalue weighted by atomic mass is 19.1. The lowest BCUT2D eigenvalue weighted by atomic mass is 10.2. The maximum atomic E-state index is 13.0. The van der Waals surface area contributed by atoms with Gasteiger partial charge in [-0.25, -0.2) is 9.07 Å². The summed E-state index contributed by atoms with van der Waals surface area (Å²) in [6, 6.07) is 4.70. The van der Waals surface area contributed by atoms with Gasteiger partial charge in [-0.15, -0.1) is 0 Å². The van der Waals surface area contributed by atoms with E-state index in [1.165, 1.54) is 12.1 Å². The second-order valence-electron chi connectivity index (χ2n) is 4.12. The number of aryl methyl sites for hydroxylation is 2. The molecule has 17 heavy (non-hydrogen) atoms. The predicted molar refractivity (Wildman–Crippen MR) is 65.6 cm³/mol. The fourth-order valence-electron chi connectivity index (χ4n) is 1.80. The molecule has 0 amide bonds. The summed E-state index contributed by atoms with van der Waals surface area (Å²) >= 11 is 0. The van der Waals surface area contributed by atoms with Gasteiger partial charge in [0.05, 0.1) is 11.9 Å². The largest absolute Gasteiger partial charge is 0.330 e. The zero-order valence-corrected chi connectivity index (χ0v) is 9.86. The zero-order chi connectivity index (χ0) is 12.3. The Balaban J connectivity index is 2.24. The summed E-state index contributed by atoms with van der Waals surface area (Å²) in [5.41, 5.74) is 8.40. The first kappa shape index (κ1) is 11.8. The van der Waals surface area contributed by atoms with Crippen LogP contribution < -0.4 is 5.73 Å². The van der Waals surface area contributed by atoms with Crippen molar-refractivity contribution in [1.82, 2.24) is 9.78 Å². The molecule has 0 radical (unpaired) electrons. The Labute approximate surface area is 100 Å². The average Bonchev–Trinajstić information content (AvgIpc) is 2.75. The normalized spacial score (nSPS) is 10.8. The summed E-state index contributed by atoms with van der Waals surface area (Å²) in [6.07, 6.45) is 5.68. The lowest BCUT2D eigenvalue weighted by Crippen LogP contribution is -2.00. The molecule has 0 aliphatic heterocycles. The summed E-state index contributed by atoms with van der Waals surface area (Å²) in [4.78, 5) is 0. The molecule has 2 N–H and O–H groups in total. The van der Waals surface area contributed by atoms with Crippen LogP contribution in [0, 0.1) is 12.7 Å². The van der Waals surface area contributed by atoms with Crippen LogP contribution in [0.25, 0.3) is 5.69 Å². The molecule has 3 nitrogen and oxygen atoms in total. The Morgan fingerprint density at radius 2 is 2.24 bits per heavy atom. The van der Waals surface area contributed by atoms with Crippen LogP contribution in [0.1, 0.15) is 17.5 Å². The van der Waals surface area contributed by atoms with E-state index in [0.717, 1.165) is 29.7 Å². The van der Waals surface area contributed by atoms with E-state index in [4.69, 9.17) is 5.73 Å². The van der Waals surface area contributed by atoms with E-state index in [0.29, 0.717) is 6.54 Å². The molecule has 1 aromatic heterocycles. The summed E-state index contributed by atoms with van der Waals surface area (Å²) in [5.74, 6) is -0.221. The lowest BCUT2D eigenvalue weighted by molar-refractivity contribution is 0.625. The van der Waals surface area contributed by atoms with Gasteiger partial charge in [-0.2, -0.15) is 5.10 Å². The van der Waals surface area contributed by atoms with Gasteiger partial charge in [0.1, 0.15) is 5.82 Å². The highest BCUT2D eigenvalue weighted by Crippen LogP contribution is 2.15. The van der Waals surface area contributed by atoms with Crippen LogP contribution in [0.2, 0.25) is 0 Å². The number of halogens is 1. The van der Waals surface area contributed by atoms with Crippen molar-refractivity contribution >= 4 is 0 Å². The molecule has 0 bridgehead atoms. The first-order valence-electron chi connectivity index (χ1n) is 5.71. The molecule has 0 aliphatic rings. The number of aromatic nitrogens is 2. The Kier molecular flexibility index (Phi) is 3.54. The molecule has 1 heterocycles. The van der Waals surface area contributed by atoms with Crippen LogP contribution >= 0.6 is 0 Å². The smallest absolute Gasteiger partial charge is 0.123 e. The van der Waals surface area contributed by atoms with Crippen molar-refractivity contribution in [3.63, 3.8) is 0 Å². The van der Waals surface area contributed by atoms with E-state index < -0.39 is 0 Å². The number of rotatable bonds is 4. The van der Waals surface area contributed by atoms with E-state index >= 15 is 0 Å². The average molecular weight is 233 g/mol. The van der Waals surface area contributed by atoms with Crippen LogP contribution in [0.3, 0.4) is 0 Å². The Morgan fingerprint density at radius 1 is 1.41 bits per heavy atom. The summed E-state index contributed by atoms with van der Waals surface area (Å²) < 4.78 is 14.8. The standard InChI is InChI=1S/C13H16FN3/c1-10-7-12(14)4-5-13(10)17-9-11(8-16-17)3-2-6-15/h4-5,7-9H,2-3,6,15H2,1H3. The van der Waals surface area contributed by atoms with E-state index in [2.05, 4.69) is 5.10 Å². The molecule has 2 aromatic rings. The molecule has 4 heteroatoms. The number of nitrogens with two attached hydrogens (primary N) is 1. The highest BCUT2D eigenvalue weighted by Gasteiger charge is 2.04. The molecule has 0 saturated heterocycles. The fraction of sp³-hybridized carbons (Fsp3) is 0.308. The quantitative estimate of drug-likeness (QED) is 0.879. The van der Waals surface area contributed by atoms with Gasteiger partial charge in [-0.1, -0.05) is 0 Å². The Bertz CT molecular complexity index is 505. The number of nitrogens with zero attached hydrogens (tertiary/aromatic N) is 2. The number of benzene rings is 1. The minimum absolute atomic E-state index is 0.221. The monoisotopic (exact) mass is 233 g/mol. The third kappa shape index (κ3) is 2.71. The molecule has 0 fully saturated rings. The molecule has 0 aliphatic carbocycles. The first-order valence-corrected chi connectivity index (χ1v) is 5.71. The molecule has 0 atom stereocenters. The van der Waals surface area contributed by atoms with Gasteiger partial charge in [-0.05, 0) is 55.6 Å². The minimum atomic E-state index is -0.221. The van der Waals surface area contributed by atoms with Crippen molar-refractivity contribution in [3.05, 3.63) is 47.5 Å². The van der Waals surface area contributed by atoms with Crippen molar-refractivity contribution in [3.8, 4) is 5.69 Å². The van der Waals surface area contributed by atoms with Gasteiger partial charge in [0.2, 0.25) is 0 Å². The van der Waals surface area contributed by atoms with Crippen LogP contribution in [-0.4, -0.2) is 16.3 Å². The SMILES string of the molecule is Cc1cc(F)ccc1-n1cc(CCCN)cn1. The third-order valence-electron chi connectivity index (χ3n) is 2.71. The van der Waals surface area contributed by atoms with E-state index in [9.17, 15) is 4.39 Å². The second-order valence-corrected chi connectivity index (χ2v) is 4.12. The van der Waals surface area contributed by atoms with Crippen LogP contribution in [0.4, 0.5) is 4.39 Å². The number of hydrogen-bond acceptors (Lipinski definition) is 2. The molecule has 0 saturated carbocycles. The van der Waals surface area contributed by atoms with Gasteiger partial charge in [0, 0.05) is 6.20 Å². The van der Waals surface area contributed by atoms with Crippen molar-refractivity contribution in [2.75, 3.05) is 6.54 Å². The molecule has 90 valence electrons. The molecular weight excluding hydrogens is 217 g/mol. The molecular formula is C13H16FN3. The molecule has 0 spiro atoms. The summed E-state index contributed by atoms with van der Waals surface area (Å²) in [7, 11) is 0. The summed E-state index contributed by atoms with van der Waals surface area (Å²) in [6.45, 7) is 2.56. The van der Waals surface area contributed by atoms with Gasteiger partial charge in [0.15, 0.2) is 0 Å². The maximum absolute atomic E-state index is 13.0. The summed E-state index contributed by atoms with van der Waals surface area (Å²) in [5, 5.41) is 4.28. The fourth-order valence-corrected chi connectivity index (χ4v) is 1.80.